The molecule has 0 aromatic heterocycles. The number of nitrogens with one attached hydrogen (secondary N) is 2. The zero-order chi connectivity index (χ0) is 12.3. The third kappa shape index (κ3) is 2.28. The van der Waals surface area contributed by atoms with Crippen molar-refractivity contribution in [2.75, 3.05) is 19.4 Å². The lowest BCUT2D eigenvalue weighted by molar-refractivity contribution is -0.387. The fourth-order valence-electron chi connectivity index (χ4n) is 1.15. The minimum Gasteiger partial charge on any atom is -0.388 e. The van der Waals surface area contributed by atoms with Gasteiger partial charge in [-0.1, -0.05) is 0 Å². The Bertz CT molecular complexity index is 512. The summed E-state index contributed by atoms with van der Waals surface area (Å²) in [6.45, 7) is 0. The van der Waals surface area contributed by atoms with Gasteiger partial charge in [0.15, 0.2) is 4.90 Å². The van der Waals surface area contributed by atoms with Gasteiger partial charge in [0.05, 0.1) is 4.92 Å². The van der Waals surface area contributed by atoms with E-state index in [4.69, 9.17) is 0 Å². The van der Waals surface area contributed by atoms with Crippen molar-refractivity contribution < 1.29 is 13.3 Å². The summed E-state index contributed by atoms with van der Waals surface area (Å²) in [7, 11) is -1.03. The molecule has 0 aliphatic rings. The molecular weight excluding hydrogens is 234 g/mol. The van der Waals surface area contributed by atoms with E-state index in [-0.39, 0.29) is 4.90 Å². The number of hydrogen-bond donors (Lipinski definition) is 2. The van der Waals surface area contributed by atoms with Crippen LogP contribution in [0.3, 0.4) is 0 Å². The van der Waals surface area contributed by atoms with Crippen LogP contribution in [0.25, 0.3) is 0 Å². The maximum Gasteiger partial charge on any atom is 0.291 e. The molecule has 0 atom stereocenters. The number of hydrogen-bond acceptors (Lipinski definition) is 5. The number of nitro benzene ring substituents is 1. The molecule has 0 saturated heterocycles. The molecule has 1 aromatic carbocycles. The van der Waals surface area contributed by atoms with Gasteiger partial charge in [0, 0.05) is 18.8 Å². The number of rotatable bonds is 4. The zero-order valence-electron chi connectivity index (χ0n) is 8.72. The van der Waals surface area contributed by atoms with Crippen molar-refractivity contribution >= 4 is 21.4 Å². The van der Waals surface area contributed by atoms with Gasteiger partial charge in [0.2, 0.25) is 10.0 Å². The first kappa shape index (κ1) is 12.4. The lowest BCUT2D eigenvalue weighted by Gasteiger charge is -2.05. The van der Waals surface area contributed by atoms with Crippen LogP contribution >= 0.6 is 0 Å². The van der Waals surface area contributed by atoms with Crippen LogP contribution in [0.2, 0.25) is 0 Å². The van der Waals surface area contributed by atoms with Crippen molar-refractivity contribution in [3.8, 4) is 0 Å². The molecule has 1 rings (SSSR count). The van der Waals surface area contributed by atoms with E-state index in [1.54, 1.807) is 7.05 Å². The molecule has 0 saturated carbocycles. The van der Waals surface area contributed by atoms with E-state index in [9.17, 15) is 18.5 Å². The molecule has 0 bridgehead atoms. The summed E-state index contributed by atoms with van der Waals surface area (Å²) in [5, 5.41) is 13.4. The molecule has 1 aromatic rings. The Morgan fingerprint density at radius 1 is 1.31 bits per heavy atom. The molecule has 8 heteroatoms. The highest BCUT2D eigenvalue weighted by Crippen LogP contribution is 2.26. The standard InChI is InChI=1S/C8H11N3O4S/c1-9-6-3-4-8(16(14,15)10-2)7(5-6)11(12)13/h3-5,9-10H,1-2H3. The second-order valence-electron chi connectivity index (χ2n) is 2.90. The van der Waals surface area contributed by atoms with Gasteiger partial charge in [0.25, 0.3) is 5.69 Å². The molecule has 0 spiro atoms. The minimum atomic E-state index is -3.82. The number of anilines is 1. The van der Waals surface area contributed by atoms with Crippen molar-refractivity contribution in [2.45, 2.75) is 4.90 Å². The highest BCUT2D eigenvalue weighted by atomic mass is 32.2. The van der Waals surface area contributed by atoms with E-state index in [0.717, 1.165) is 0 Å². The largest absolute Gasteiger partial charge is 0.388 e. The SMILES string of the molecule is CNc1ccc(S(=O)(=O)NC)c([N+](=O)[O-])c1. The quantitative estimate of drug-likeness (QED) is 0.595. The first-order valence-corrected chi connectivity index (χ1v) is 5.80. The average molecular weight is 245 g/mol. The van der Waals surface area contributed by atoms with Crippen LogP contribution in [0.1, 0.15) is 0 Å². The van der Waals surface area contributed by atoms with Gasteiger partial charge in [-0.05, 0) is 19.2 Å². The lowest BCUT2D eigenvalue weighted by Crippen LogP contribution is -2.19. The Kier molecular flexibility index (Phi) is 3.45. The molecule has 0 aliphatic heterocycles. The molecule has 7 nitrogen and oxygen atoms in total. The van der Waals surface area contributed by atoms with Crippen LogP contribution in [0.4, 0.5) is 11.4 Å². The van der Waals surface area contributed by atoms with Gasteiger partial charge in [-0.25, -0.2) is 13.1 Å². The van der Waals surface area contributed by atoms with Crippen molar-refractivity contribution in [2.24, 2.45) is 0 Å². The Labute approximate surface area is 92.7 Å². The summed E-state index contributed by atoms with van der Waals surface area (Å²) in [5.74, 6) is 0. The Balaban J connectivity index is 3.46. The smallest absolute Gasteiger partial charge is 0.291 e. The van der Waals surface area contributed by atoms with Crippen LogP contribution in [-0.2, 0) is 10.0 Å². The maximum atomic E-state index is 11.5. The van der Waals surface area contributed by atoms with Crippen molar-refractivity contribution in [1.29, 1.82) is 0 Å². The predicted molar refractivity (Wildman–Crippen MR) is 58.9 cm³/mol. The van der Waals surface area contributed by atoms with E-state index in [1.807, 2.05) is 4.72 Å². The van der Waals surface area contributed by atoms with Gasteiger partial charge >= 0.3 is 0 Å². The number of benzene rings is 1. The summed E-state index contributed by atoms with van der Waals surface area (Å²) in [5.41, 5.74) is 0.0166. The summed E-state index contributed by atoms with van der Waals surface area (Å²) < 4.78 is 25.0. The number of sulfonamides is 1. The van der Waals surface area contributed by atoms with Crippen LogP contribution in [0.5, 0.6) is 0 Å². The van der Waals surface area contributed by atoms with E-state index in [0.29, 0.717) is 5.69 Å². The second-order valence-corrected chi connectivity index (χ2v) is 4.75. The fourth-order valence-corrected chi connectivity index (χ4v) is 2.03. The summed E-state index contributed by atoms with van der Waals surface area (Å²) in [6, 6.07) is 3.82. The van der Waals surface area contributed by atoms with E-state index in [1.165, 1.54) is 25.2 Å². The molecule has 0 fully saturated rings. The van der Waals surface area contributed by atoms with Crippen LogP contribution < -0.4 is 10.0 Å². The first-order valence-electron chi connectivity index (χ1n) is 4.32. The van der Waals surface area contributed by atoms with Gasteiger partial charge in [-0.2, -0.15) is 0 Å². The Morgan fingerprint density at radius 3 is 2.38 bits per heavy atom. The second kappa shape index (κ2) is 4.45. The molecule has 0 aliphatic carbocycles. The Morgan fingerprint density at radius 2 is 1.94 bits per heavy atom. The summed E-state index contributed by atoms with van der Waals surface area (Å²) in [4.78, 5) is 9.66. The lowest BCUT2D eigenvalue weighted by atomic mass is 10.3. The topological polar surface area (TPSA) is 101 Å². The molecule has 0 unspecified atom stereocenters. The minimum absolute atomic E-state index is 0.348. The Hall–Kier alpha value is -1.67. The summed E-state index contributed by atoms with van der Waals surface area (Å²) in [6.07, 6.45) is 0. The third-order valence-electron chi connectivity index (χ3n) is 2.00. The molecular formula is C8H11N3O4S. The highest BCUT2D eigenvalue weighted by Gasteiger charge is 2.24. The monoisotopic (exact) mass is 245 g/mol. The molecule has 0 heterocycles. The molecule has 2 N–H and O–H groups in total. The predicted octanol–water partition coefficient (Wildman–Crippen LogP) is 0.545. The molecule has 0 amide bonds. The zero-order valence-corrected chi connectivity index (χ0v) is 9.54. The number of nitro groups is 1. The van der Waals surface area contributed by atoms with E-state index >= 15 is 0 Å². The summed E-state index contributed by atoms with van der Waals surface area (Å²) >= 11 is 0. The highest BCUT2D eigenvalue weighted by molar-refractivity contribution is 7.89. The van der Waals surface area contributed by atoms with E-state index in [2.05, 4.69) is 5.32 Å². The van der Waals surface area contributed by atoms with Crippen LogP contribution in [0.15, 0.2) is 23.1 Å². The van der Waals surface area contributed by atoms with Crippen molar-refractivity contribution in [1.82, 2.24) is 4.72 Å². The van der Waals surface area contributed by atoms with Crippen LogP contribution in [-0.4, -0.2) is 27.4 Å². The van der Waals surface area contributed by atoms with Gasteiger partial charge in [-0.15, -0.1) is 0 Å². The first-order chi connectivity index (χ1) is 7.42. The third-order valence-corrected chi connectivity index (χ3v) is 3.46. The van der Waals surface area contributed by atoms with Gasteiger partial charge < -0.3 is 5.32 Å². The van der Waals surface area contributed by atoms with Crippen molar-refractivity contribution in [3.63, 3.8) is 0 Å². The van der Waals surface area contributed by atoms with E-state index < -0.39 is 20.6 Å². The van der Waals surface area contributed by atoms with Gasteiger partial charge in [-0.3, -0.25) is 10.1 Å². The van der Waals surface area contributed by atoms with Crippen molar-refractivity contribution in [3.05, 3.63) is 28.3 Å². The number of nitrogens with zero attached hydrogens (tertiary/aromatic N) is 1. The normalized spacial score (nSPS) is 11.1. The van der Waals surface area contributed by atoms with Crippen LogP contribution in [0, 0.1) is 10.1 Å². The molecule has 16 heavy (non-hydrogen) atoms. The molecule has 88 valence electrons. The fraction of sp³-hybridized carbons (Fsp3) is 0.250. The average Bonchev–Trinajstić information content (AvgIpc) is 2.28. The molecule has 0 radical (unpaired) electrons. The van der Waals surface area contributed by atoms with Gasteiger partial charge in [0.1, 0.15) is 0 Å². The maximum absolute atomic E-state index is 11.5.